The third-order valence-electron chi connectivity index (χ3n) is 11.1. The molecule has 0 radical (unpaired) electrons. The summed E-state index contributed by atoms with van der Waals surface area (Å²) >= 11 is 0. The van der Waals surface area contributed by atoms with Crippen LogP contribution in [0.1, 0.15) is 194 Å². The lowest BCUT2D eigenvalue weighted by molar-refractivity contribution is -0.231. The molecule has 1 aliphatic heterocycles. The normalized spacial score (nSPS) is 20.1. The molecule has 56 heavy (non-hydrogen) atoms. The lowest BCUT2D eigenvalue weighted by Gasteiger charge is -2.47. The topological polar surface area (TPSA) is 218 Å². The van der Waals surface area contributed by atoms with E-state index in [4.69, 9.17) is 16.2 Å². The smallest absolute Gasteiger partial charge is 0.239 e. The minimum absolute atomic E-state index is 0.0180. The Labute approximate surface area is 339 Å². The van der Waals surface area contributed by atoms with Crippen molar-refractivity contribution in [1.29, 1.82) is 0 Å². The number of nitrogens with zero attached hydrogens (tertiary/aromatic N) is 1. The van der Waals surface area contributed by atoms with E-state index in [0.29, 0.717) is 19.4 Å². The molecule has 328 valence electrons. The molecular formula is C43H83N5O8. The minimum Gasteiger partial charge on any atom is -0.394 e. The summed E-state index contributed by atoms with van der Waals surface area (Å²) in [6.07, 6.45) is 24.3. The van der Waals surface area contributed by atoms with Gasteiger partial charge in [-0.3, -0.25) is 19.2 Å². The number of aliphatic hydroxyl groups is 3. The van der Waals surface area contributed by atoms with Gasteiger partial charge in [-0.1, -0.05) is 162 Å². The van der Waals surface area contributed by atoms with Crippen LogP contribution in [0.3, 0.4) is 0 Å². The highest BCUT2D eigenvalue weighted by Gasteiger charge is 2.48. The van der Waals surface area contributed by atoms with Crippen LogP contribution in [0.2, 0.25) is 0 Å². The van der Waals surface area contributed by atoms with Gasteiger partial charge in [0.05, 0.1) is 19.2 Å². The summed E-state index contributed by atoms with van der Waals surface area (Å²) in [5.41, 5.74) is 11.0. The number of rotatable bonds is 36. The third-order valence-corrected chi connectivity index (χ3v) is 11.1. The van der Waals surface area contributed by atoms with Crippen LogP contribution in [-0.2, 0) is 23.9 Å². The third kappa shape index (κ3) is 23.8. The fourth-order valence-corrected chi connectivity index (χ4v) is 7.44. The highest BCUT2D eigenvalue weighted by molar-refractivity contribution is 5.88. The first kappa shape index (κ1) is 51.7. The molecule has 0 spiro atoms. The van der Waals surface area contributed by atoms with Gasteiger partial charge in [-0.15, -0.1) is 0 Å². The maximum Gasteiger partial charge on any atom is 0.239 e. The van der Waals surface area contributed by atoms with E-state index in [1.165, 1.54) is 109 Å². The Hall–Kier alpha value is -2.32. The summed E-state index contributed by atoms with van der Waals surface area (Å²) in [6.45, 7) is 3.70. The van der Waals surface area contributed by atoms with Crippen molar-refractivity contribution in [1.82, 2.24) is 15.5 Å². The van der Waals surface area contributed by atoms with Crippen LogP contribution in [0, 0.1) is 0 Å². The molecule has 6 atom stereocenters. The Kier molecular flexibility index (Phi) is 31.0. The molecule has 0 aromatic carbocycles. The van der Waals surface area contributed by atoms with Crippen molar-refractivity contribution in [2.24, 2.45) is 11.5 Å². The number of carbonyl (C=O) groups excluding carboxylic acids is 4. The van der Waals surface area contributed by atoms with Gasteiger partial charge in [0.15, 0.2) is 6.23 Å². The van der Waals surface area contributed by atoms with Crippen LogP contribution in [0.25, 0.3) is 0 Å². The van der Waals surface area contributed by atoms with Gasteiger partial charge in [-0.2, -0.15) is 0 Å². The van der Waals surface area contributed by atoms with Crippen LogP contribution in [0.4, 0.5) is 0 Å². The number of hydrogen-bond donors (Lipinski definition) is 7. The first-order valence-electron chi connectivity index (χ1n) is 22.6. The van der Waals surface area contributed by atoms with Gasteiger partial charge in [0, 0.05) is 19.4 Å². The second-order valence-corrected chi connectivity index (χ2v) is 16.1. The van der Waals surface area contributed by atoms with E-state index < -0.39 is 67.5 Å². The van der Waals surface area contributed by atoms with Crippen molar-refractivity contribution in [3.05, 3.63) is 0 Å². The molecular weight excluding hydrogens is 714 g/mol. The minimum atomic E-state index is -1.56. The number of amides is 4. The standard InChI is InChI=1S/C43H83N5O8/c1-3-5-7-9-11-13-14-15-16-17-18-19-21-23-25-27-31-48(38(52)28-26-24-22-20-12-10-8-6-4-2)43-39(41(54)40(53)35(33-49)56-43)47-37(51)32-46-42(55)34(44)29-30-36(45)50/h34-35,39-41,43,49,53-54H,3-33,44H2,1-2H3,(H2,45,50)(H,46,55)(H,47,51)/t34-,35+,39+,40+,41+,43+/m0/s1. The van der Waals surface area contributed by atoms with E-state index >= 15 is 0 Å². The fourth-order valence-electron chi connectivity index (χ4n) is 7.44. The number of hydrogen-bond acceptors (Lipinski definition) is 9. The predicted octanol–water partition coefficient (Wildman–Crippen LogP) is 5.63. The average molecular weight is 798 g/mol. The molecule has 4 amide bonds. The first-order valence-corrected chi connectivity index (χ1v) is 22.6. The van der Waals surface area contributed by atoms with Crippen LogP contribution >= 0.6 is 0 Å². The summed E-state index contributed by atoms with van der Waals surface area (Å²) in [6, 6.07) is -2.28. The zero-order chi connectivity index (χ0) is 41.4. The zero-order valence-corrected chi connectivity index (χ0v) is 35.4. The first-order chi connectivity index (χ1) is 27.1. The molecule has 1 fully saturated rings. The summed E-state index contributed by atoms with van der Waals surface area (Å²) in [7, 11) is 0. The Balaban J connectivity index is 2.79. The van der Waals surface area contributed by atoms with Crippen molar-refractivity contribution < 1.29 is 39.2 Å². The highest BCUT2D eigenvalue weighted by Crippen LogP contribution is 2.26. The van der Waals surface area contributed by atoms with Gasteiger partial charge in [0.2, 0.25) is 23.6 Å². The van der Waals surface area contributed by atoms with E-state index in [0.717, 1.165) is 38.5 Å². The summed E-state index contributed by atoms with van der Waals surface area (Å²) in [5, 5.41) is 37.0. The van der Waals surface area contributed by atoms with Crippen LogP contribution < -0.4 is 22.1 Å². The molecule has 9 N–H and O–H groups in total. The zero-order valence-electron chi connectivity index (χ0n) is 35.4. The van der Waals surface area contributed by atoms with E-state index in [-0.39, 0.29) is 25.2 Å². The van der Waals surface area contributed by atoms with Crippen molar-refractivity contribution >= 4 is 23.6 Å². The van der Waals surface area contributed by atoms with Crippen LogP contribution in [0.15, 0.2) is 0 Å². The fraction of sp³-hybridized carbons (Fsp3) is 0.907. The number of aliphatic hydroxyl groups excluding tert-OH is 3. The SMILES string of the molecule is CCCCCCCCCCCCCCCCCCN(C(=O)CCCCCCCCCCC)[C@@H]1O[C@H](CO)[C@@H](O)[C@H](O)[C@H]1NC(=O)CNC(=O)[C@@H](N)CCC(N)=O. The van der Waals surface area contributed by atoms with Gasteiger partial charge in [0.25, 0.3) is 0 Å². The van der Waals surface area contributed by atoms with Crippen LogP contribution in [-0.4, -0.2) is 100 Å². The van der Waals surface area contributed by atoms with Crippen molar-refractivity contribution in [3.63, 3.8) is 0 Å². The average Bonchev–Trinajstić information content (AvgIpc) is 3.18. The van der Waals surface area contributed by atoms with Gasteiger partial charge < -0.3 is 47.1 Å². The maximum absolute atomic E-state index is 13.9. The molecule has 1 heterocycles. The Morgan fingerprint density at radius 3 is 1.55 bits per heavy atom. The molecule has 1 rings (SSSR count). The van der Waals surface area contributed by atoms with E-state index in [2.05, 4.69) is 24.5 Å². The molecule has 0 unspecified atom stereocenters. The van der Waals surface area contributed by atoms with Gasteiger partial charge in [-0.05, 0) is 19.3 Å². The molecule has 0 aromatic rings. The summed E-state index contributed by atoms with van der Waals surface area (Å²) < 4.78 is 6.08. The number of unbranched alkanes of at least 4 members (excludes halogenated alkanes) is 23. The molecule has 1 saturated heterocycles. The molecule has 13 nitrogen and oxygen atoms in total. The predicted molar refractivity (Wildman–Crippen MR) is 222 cm³/mol. The monoisotopic (exact) mass is 798 g/mol. The molecule has 0 aliphatic carbocycles. The molecule has 0 saturated carbocycles. The van der Waals surface area contributed by atoms with E-state index in [9.17, 15) is 34.5 Å². The largest absolute Gasteiger partial charge is 0.394 e. The quantitative estimate of drug-likeness (QED) is 0.0391. The Morgan fingerprint density at radius 2 is 1.11 bits per heavy atom. The molecule has 1 aliphatic rings. The summed E-state index contributed by atoms with van der Waals surface area (Å²) in [4.78, 5) is 52.0. The number of nitrogens with one attached hydrogen (secondary N) is 2. The van der Waals surface area contributed by atoms with Crippen molar-refractivity contribution in [2.45, 2.75) is 230 Å². The number of ether oxygens (including phenoxy) is 1. The highest BCUT2D eigenvalue weighted by atomic mass is 16.5. The van der Waals surface area contributed by atoms with Crippen LogP contribution in [0.5, 0.6) is 0 Å². The van der Waals surface area contributed by atoms with Crippen molar-refractivity contribution in [2.75, 3.05) is 19.7 Å². The molecule has 0 aromatic heterocycles. The van der Waals surface area contributed by atoms with Gasteiger partial charge >= 0.3 is 0 Å². The molecule has 0 bridgehead atoms. The maximum atomic E-state index is 13.9. The second kappa shape index (κ2) is 33.6. The van der Waals surface area contributed by atoms with Gasteiger partial charge in [0.1, 0.15) is 24.4 Å². The van der Waals surface area contributed by atoms with Crippen molar-refractivity contribution in [3.8, 4) is 0 Å². The van der Waals surface area contributed by atoms with E-state index in [1.807, 2.05) is 0 Å². The second-order valence-electron chi connectivity index (χ2n) is 16.1. The summed E-state index contributed by atoms with van der Waals surface area (Å²) in [5.74, 6) is -2.12. The number of nitrogens with two attached hydrogens (primary N) is 2. The van der Waals surface area contributed by atoms with Gasteiger partial charge in [-0.25, -0.2) is 0 Å². The Morgan fingerprint density at radius 1 is 0.661 bits per heavy atom. The lowest BCUT2D eigenvalue weighted by atomic mass is 9.94. The lowest BCUT2D eigenvalue weighted by Crippen LogP contribution is -2.69. The Bertz CT molecular complexity index is 1040. The van der Waals surface area contributed by atoms with E-state index in [1.54, 1.807) is 4.90 Å². The molecule has 13 heteroatoms. The number of carbonyl (C=O) groups is 4. The number of primary amides is 1.